The number of carbonyl (C=O) groups excluding carboxylic acids is 1. The summed E-state index contributed by atoms with van der Waals surface area (Å²) in [5, 5.41) is 7.17. The van der Waals surface area contributed by atoms with Crippen LogP contribution in [0.3, 0.4) is 0 Å². The number of rotatable bonds is 4. The molecule has 1 amide bonds. The van der Waals surface area contributed by atoms with E-state index in [1.807, 2.05) is 48.1 Å². The number of hydrogen-bond donors (Lipinski definition) is 1. The van der Waals surface area contributed by atoms with Gasteiger partial charge >= 0.3 is 0 Å². The normalized spacial score (nSPS) is 10.3. The lowest BCUT2D eigenvalue weighted by atomic mass is 10.3. The van der Waals surface area contributed by atoms with Gasteiger partial charge in [-0.15, -0.1) is 0 Å². The molecule has 0 spiro atoms. The summed E-state index contributed by atoms with van der Waals surface area (Å²) in [4.78, 5) is 11.7. The van der Waals surface area contributed by atoms with Gasteiger partial charge in [0.05, 0.1) is 9.26 Å². The molecule has 0 saturated carbocycles. The maximum Gasteiger partial charge on any atom is 0.226 e. The molecule has 2 rings (SSSR count). The molecule has 0 aliphatic heterocycles. The lowest BCUT2D eigenvalue weighted by Crippen LogP contribution is -2.14. The summed E-state index contributed by atoms with van der Waals surface area (Å²) in [6.07, 6.45) is 2.37. The smallest absolute Gasteiger partial charge is 0.226 e. The molecule has 5 heteroatoms. The number of halogens is 1. The van der Waals surface area contributed by atoms with Crippen LogP contribution in [-0.2, 0) is 11.3 Å². The molecule has 4 nitrogen and oxygen atoms in total. The first-order chi connectivity index (χ1) is 8.65. The molecule has 1 N–H and O–H groups in total. The zero-order valence-corrected chi connectivity index (χ0v) is 12.2. The van der Waals surface area contributed by atoms with Crippen molar-refractivity contribution in [3.63, 3.8) is 0 Å². The summed E-state index contributed by atoms with van der Waals surface area (Å²) in [5.74, 6) is 0.00404. The van der Waals surface area contributed by atoms with E-state index in [9.17, 15) is 4.79 Å². The van der Waals surface area contributed by atoms with Crippen molar-refractivity contribution in [2.75, 3.05) is 5.32 Å². The number of hydrogen-bond acceptors (Lipinski definition) is 2. The molecule has 0 fully saturated rings. The zero-order chi connectivity index (χ0) is 13.0. The highest BCUT2D eigenvalue weighted by molar-refractivity contribution is 14.1. The van der Waals surface area contributed by atoms with Gasteiger partial charge in [0.1, 0.15) is 0 Å². The van der Waals surface area contributed by atoms with Gasteiger partial charge in [0.25, 0.3) is 0 Å². The Bertz CT molecular complexity index is 517. The number of amides is 1. The van der Waals surface area contributed by atoms with E-state index in [0.717, 1.165) is 15.0 Å². The molecule has 18 heavy (non-hydrogen) atoms. The predicted molar refractivity (Wildman–Crippen MR) is 79.4 cm³/mol. The van der Waals surface area contributed by atoms with Gasteiger partial charge in [0, 0.05) is 24.8 Å². The number of para-hydroxylation sites is 1. The predicted octanol–water partition coefficient (Wildman–Crippen LogP) is 2.82. The third kappa shape index (κ3) is 3.56. The van der Waals surface area contributed by atoms with Gasteiger partial charge in [-0.3, -0.25) is 9.48 Å². The summed E-state index contributed by atoms with van der Waals surface area (Å²) in [7, 11) is 0. The van der Waals surface area contributed by atoms with Crippen LogP contribution in [0.15, 0.2) is 36.5 Å². The van der Waals surface area contributed by atoms with E-state index in [2.05, 4.69) is 33.0 Å². The highest BCUT2D eigenvalue weighted by atomic mass is 127. The summed E-state index contributed by atoms with van der Waals surface area (Å²) in [5.41, 5.74) is 1.83. The van der Waals surface area contributed by atoms with Crippen molar-refractivity contribution < 1.29 is 4.79 Å². The molecule has 1 heterocycles. The number of aromatic nitrogens is 2. The molecule has 0 aliphatic carbocycles. The van der Waals surface area contributed by atoms with Gasteiger partial charge in [-0.05, 0) is 41.6 Å². The highest BCUT2D eigenvalue weighted by Gasteiger charge is 2.05. The van der Waals surface area contributed by atoms with E-state index in [0.29, 0.717) is 13.0 Å². The first kappa shape index (κ1) is 13.1. The van der Waals surface area contributed by atoms with Crippen LogP contribution < -0.4 is 5.32 Å². The van der Waals surface area contributed by atoms with Gasteiger partial charge in [-0.2, -0.15) is 5.10 Å². The maximum atomic E-state index is 11.7. The van der Waals surface area contributed by atoms with E-state index < -0.39 is 0 Å². The number of carbonyl (C=O) groups is 1. The van der Waals surface area contributed by atoms with Crippen molar-refractivity contribution >= 4 is 34.2 Å². The molecule has 0 radical (unpaired) electrons. The van der Waals surface area contributed by atoms with Gasteiger partial charge in [-0.25, -0.2) is 0 Å². The largest absolute Gasteiger partial charge is 0.326 e. The van der Waals surface area contributed by atoms with Gasteiger partial charge in [0.15, 0.2) is 0 Å². The van der Waals surface area contributed by atoms with Crippen LogP contribution in [0.1, 0.15) is 12.1 Å². The minimum Gasteiger partial charge on any atom is -0.326 e. The average molecular weight is 355 g/mol. The molecule has 0 saturated heterocycles. The Morgan fingerprint density at radius 3 is 2.72 bits per heavy atom. The number of anilines is 1. The Labute approximate surface area is 120 Å². The number of nitrogens with zero attached hydrogens (tertiary/aromatic N) is 2. The molecule has 1 aromatic heterocycles. The molecule has 0 aliphatic rings. The first-order valence-corrected chi connectivity index (χ1v) is 6.77. The Hall–Kier alpha value is -1.37. The summed E-state index contributed by atoms with van der Waals surface area (Å²) >= 11 is 2.24. The van der Waals surface area contributed by atoms with Crippen molar-refractivity contribution in [1.82, 2.24) is 9.78 Å². The van der Waals surface area contributed by atoms with Crippen LogP contribution in [-0.4, -0.2) is 15.7 Å². The molecular formula is C13H14IN3O. The van der Waals surface area contributed by atoms with E-state index in [1.165, 1.54) is 0 Å². The molecule has 1 aromatic carbocycles. The number of benzene rings is 1. The molecule has 94 valence electrons. The molecule has 0 atom stereocenters. The van der Waals surface area contributed by atoms with E-state index in [1.54, 1.807) is 0 Å². The summed E-state index contributed by atoms with van der Waals surface area (Å²) in [6, 6.07) is 9.46. The van der Waals surface area contributed by atoms with Crippen LogP contribution in [0.4, 0.5) is 5.69 Å². The van der Waals surface area contributed by atoms with Gasteiger partial charge in [-0.1, -0.05) is 18.2 Å². The van der Waals surface area contributed by atoms with E-state index in [-0.39, 0.29) is 5.91 Å². The lowest BCUT2D eigenvalue weighted by Gasteiger charge is -2.04. The number of nitrogens with one attached hydrogen (secondary N) is 1. The topological polar surface area (TPSA) is 46.9 Å². The van der Waals surface area contributed by atoms with Crippen LogP contribution in [0.2, 0.25) is 0 Å². The Morgan fingerprint density at radius 1 is 1.39 bits per heavy atom. The third-order valence-corrected chi connectivity index (χ3v) is 3.57. The van der Waals surface area contributed by atoms with Crippen LogP contribution in [0, 0.1) is 10.5 Å². The van der Waals surface area contributed by atoms with Crippen LogP contribution >= 0.6 is 22.6 Å². The van der Waals surface area contributed by atoms with Crippen molar-refractivity contribution in [1.29, 1.82) is 0 Å². The minimum atomic E-state index is 0.00404. The first-order valence-electron chi connectivity index (χ1n) is 5.69. The van der Waals surface area contributed by atoms with Crippen molar-refractivity contribution in [3.8, 4) is 0 Å². The maximum absolute atomic E-state index is 11.7. The highest BCUT2D eigenvalue weighted by Crippen LogP contribution is 2.09. The Morgan fingerprint density at radius 2 is 2.11 bits per heavy atom. The quantitative estimate of drug-likeness (QED) is 0.858. The second kappa shape index (κ2) is 5.99. The van der Waals surface area contributed by atoms with Crippen molar-refractivity contribution in [2.24, 2.45) is 0 Å². The van der Waals surface area contributed by atoms with Crippen LogP contribution in [0.5, 0.6) is 0 Å². The molecule has 0 bridgehead atoms. The van der Waals surface area contributed by atoms with Gasteiger partial charge < -0.3 is 5.32 Å². The Balaban J connectivity index is 1.85. The van der Waals surface area contributed by atoms with Crippen molar-refractivity contribution in [3.05, 3.63) is 45.8 Å². The van der Waals surface area contributed by atoms with E-state index >= 15 is 0 Å². The zero-order valence-electron chi connectivity index (χ0n) is 10.1. The van der Waals surface area contributed by atoms with Crippen LogP contribution in [0.25, 0.3) is 0 Å². The summed E-state index contributed by atoms with van der Waals surface area (Å²) in [6.45, 7) is 2.56. The lowest BCUT2D eigenvalue weighted by molar-refractivity contribution is -0.116. The Kier molecular flexibility index (Phi) is 4.35. The average Bonchev–Trinajstić information content (AvgIpc) is 2.68. The molecule has 2 aromatic rings. The second-order valence-corrected chi connectivity index (χ2v) is 5.15. The van der Waals surface area contributed by atoms with Crippen molar-refractivity contribution in [2.45, 2.75) is 19.9 Å². The summed E-state index contributed by atoms with van der Waals surface area (Å²) < 4.78 is 2.93. The molecular weight excluding hydrogens is 341 g/mol. The number of aryl methyl sites for hydroxylation is 2. The van der Waals surface area contributed by atoms with Gasteiger partial charge in [0.2, 0.25) is 5.91 Å². The second-order valence-electron chi connectivity index (χ2n) is 3.99. The fraction of sp³-hybridized carbons (Fsp3) is 0.231. The standard InChI is InChI=1S/C13H14IN3O/c1-10-12(14)9-17(16-10)8-7-13(18)15-11-5-3-2-4-6-11/h2-6,9H,7-8H2,1H3,(H,15,18). The fourth-order valence-corrected chi connectivity index (χ4v) is 2.00. The third-order valence-electron chi connectivity index (χ3n) is 2.51. The SMILES string of the molecule is Cc1nn(CCC(=O)Nc2ccccc2)cc1I. The minimum absolute atomic E-state index is 0.00404. The fourth-order valence-electron chi connectivity index (χ4n) is 1.57. The van der Waals surface area contributed by atoms with E-state index in [4.69, 9.17) is 0 Å². The monoisotopic (exact) mass is 355 g/mol. The molecule has 0 unspecified atom stereocenters.